The highest BCUT2D eigenvalue weighted by atomic mass is 15.2. The molecule has 0 bridgehead atoms. The summed E-state index contributed by atoms with van der Waals surface area (Å²) in [6.45, 7) is 3.44. The molecule has 1 heterocycles. The smallest absolute Gasteiger partial charge is 0.0218 e. The Labute approximate surface area is 110 Å². The van der Waals surface area contributed by atoms with Crippen molar-refractivity contribution in [2.45, 2.75) is 44.2 Å². The first kappa shape index (κ1) is 12.2. The van der Waals surface area contributed by atoms with E-state index in [1.165, 1.54) is 37.8 Å². The lowest BCUT2D eigenvalue weighted by molar-refractivity contribution is 0.300. The molecule has 2 heteroatoms. The maximum Gasteiger partial charge on any atom is 0.0218 e. The Morgan fingerprint density at radius 3 is 2.78 bits per heavy atom. The van der Waals surface area contributed by atoms with Gasteiger partial charge in [-0.15, -0.1) is 0 Å². The number of hydrogen-bond acceptors (Lipinski definition) is 2. The van der Waals surface area contributed by atoms with Gasteiger partial charge in [0, 0.05) is 19.1 Å². The lowest BCUT2D eigenvalue weighted by Gasteiger charge is -2.20. The number of nitrogens with one attached hydrogen (secondary N) is 1. The van der Waals surface area contributed by atoms with Crippen molar-refractivity contribution in [3.8, 4) is 0 Å². The lowest BCUT2D eigenvalue weighted by atomic mass is 10.0. The summed E-state index contributed by atoms with van der Waals surface area (Å²) in [6, 6.07) is 9.71. The van der Waals surface area contributed by atoms with Gasteiger partial charge in [0.1, 0.15) is 0 Å². The van der Waals surface area contributed by atoms with Crippen LogP contribution >= 0.6 is 0 Å². The van der Waals surface area contributed by atoms with Crippen LogP contribution in [0.5, 0.6) is 0 Å². The van der Waals surface area contributed by atoms with Crippen LogP contribution in [0.25, 0.3) is 0 Å². The molecule has 1 N–H and O–H groups in total. The molecule has 3 rings (SSSR count). The first-order chi connectivity index (χ1) is 8.84. The second kappa shape index (κ2) is 5.41. The minimum absolute atomic E-state index is 0.748. The normalized spacial score (nSPS) is 24.6. The van der Waals surface area contributed by atoms with E-state index >= 15 is 0 Å². The van der Waals surface area contributed by atoms with Gasteiger partial charge in [0.05, 0.1) is 0 Å². The van der Waals surface area contributed by atoms with Crippen LogP contribution in [-0.4, -0.2) is 31.1 Å². The molecule has 1 aromatic rings. The van der Waals surface area contributed by atoms with Crippen molar-refractivity contribution in [1.29, 1.82) is 0 Å². The fourth-order valence-corrected chi connectivity index (χ4v) is 3.10. The Hall–Kier alpha value is -0.860. The number of likely N-dealkylation sites (tertiary alicyclic amines) is 1. The third-order valence-corrected chi connectivity index (χ3v) is 4.44. The summed E-state index contributed by atoms with van der Waals surface area (Å²) in [6.07, 6.45) is 5.50. The monoisotopic (exact) mass is 244 g/mol. The van der Waals surface area contributed by atoms with Gasteiger partial charge in [0.15, 0.2) is 0 Å². The van der Waals surface area contributed by atoms with E-state index in [0.29, 0.717) is 0 Å². The number of hydrogen-bond donors (Lipinski definition) is 1. The zero-order chi connectivity index (χ0) is 12.4. The number of benzene rings is 1. The molecule has 1 saturated heterocycles. The summed E-state index contributed by atoms with van der Waals surface area (Å²) in [5.74, 6) is 0.858. The van der Waals surface area contributed by atoms with Crippen molar-refractivity contribution < 1.29 is 0 Å². The summed E-state index contributed by atoms with van der Waals surface area (Å²) in [5.41, 5.74) is 3.10. The molecule has 0 amide bonds. The number of likely N-dealkylation sites (N-methyl/N-ethyl adjacent to an activating group) is 1. The predicted molar refractivity (Wildman–Crippen MR) is 75.8 cm³/mol. The van der Waals surface area contributed by atoms with Gasteiger partial charge in [0.25, 0.3) is 0 Å². The molecule has 2 aliphatic rings. The van der Waals surface area contributed by atoms with E-state index in [1.54, 1.807) is 5.56 Å². The van der Waals surface area contributed by atoms with E-state index in [2.05, 4.69) is 41.5 Å². The lowest BCUT2D eigenvalue weighted by Crippen LogP contribution is -2.35. The maximum atomic E-state index is 3.66. The molecule has 1 atom stereocenters. The minimum atomic E-state index is 0.748. The van der Waals surface area contributed by atoms with Gasteiger partial charge in [-0.05, 0) is 56.3 Å². The molecule has 1 aliphatic heterocycles. The third-order valence-electron chi connectivity index (χ3n) is 4.44. The fourth-order valence-electron chi connectivity index (χ4n) is 3.10. The second-order valence-electron chi connectivity index (χ2n) is 5.88. The SMILES string of the molecule is CN1CCCC1CNCc1ccccc1C1CC1. The molecule has 0 spiro atoms. The average molecular weight is 244 g/mol. The highest BCUT2D eigenvalue weighted by Gasteiger charge is 2.25. The molecule has 2 nitrogen and oxygen atoms in total. The predicted octanol–water partition coefficient (Wildman–Crippen LogP) is 2.75. The van der Waals surface area contributed by atoms with E-state index in [4.69, 9.17) is 0 Å². The van der Waals surface area contributed by atoms with E-state index in [1.807, 2.05) is 0 Å². The van der Waals surface area contributed by atoms with Crippen LogP contribution in [0.15, 0.2) is 24.3 Å². The quantitative estimate of drug-likeness (QED) is 0.857. The van der Waals surface area contributed by atoms with Gasteiger partial charge in [-0.3, -0.25) is 0 Å². The largest absolute Gasteiger partial charge is 0.311 e. The highest BCUT2D eigenvalue weighted by Crippen LogP contribution is 2.41. The zero-order valence-electron chi connectivity index (χ0n) is 11.4. The molecule has 1 unspecified atom stereocenters. The average Bonchev–Trinajstić information content (AvgIpc) is 3.15. The van der Waals surface area contributed by atoms with E-state index < -0.39 is 0 Å². The topological polar surface area (TPSA) is 15.3 Å². The Balaban J connectivity index is 1.53. The van der Waals surface area contributed by atoms with Gasteiger partial charge >= 0.3 is 0 Å². The van der Waals surface area contributed by atoms with Crippen molar-refractivity contribution in [3.05, 3.63) is 35.4 Å². The van der Waals surface area contributed by atoms with Crippen molar-refractivity contribution in [1.82, 2.24) is 10.2 Å². The summed E-state index contributed by atoms with van der Waals surface area (Å²) in [4.78, 5) is 2.49. The van der Waals surface area contributed by atoms with Gasteiger partial charge < -0.3 is 10.2 Å². The van der Waals surface area contributed by atoms with Gasteiger partial charge in [-0.2, -0.15) is 0 Å². The standard InChI is InChI=1S/C16H24N2/c1-18-10-4-6-15(18)12-17-11-14-5-2-3-7-16(14)13-8-9-13/h2-3,5,7,13,15,17H,4,6,8-12H2,1H3. The molecule has 0 radical (unpaired) electrons. The van der Waals surface area contributed by atoms with Crippen LogP contribution in [0, 0.1) is 0 Å². The molecule has 0 aromatic heterocycles. The van der Waals surface area contributed by atoms with Crippen LogP contribution in [0.3, 0.4) is 0 Å². The van der Waals surface area contributed by atoms with Crippen LogP contribution in [0.2, 0.25) is 0 Å². The third kappa shape index (κ3) is 2.76. The Bertz CT molecular complexity index is 398. The van der Waals surface area contributed by atoms with E-state index in [9.17, 15) is 0 Å². The van der Waals surface area contributed by atoms with Crippen molar-refractivity contribution >= 4 is 0 Å². The Kier molecular flexibility index (Phi) is 3.67. The van der Waals surface area contributed by atoms with Crippen LogP contribution in [-0.2, 0) is 6.54 Å². The van der Waals surface area contributed by atoms with Crippen molar-refractivity contribution in [3.63, 3.8) is 0 Å². The van der Waals surface area contributed by atoms with Crippen molar-refractivity contribution in [2.24, 2.45) is 0 Å². The van der Waals surface area contributed by atoms with Crippen LogP contribution < -0.4 is 5.32 Å². The summed E-state index contributed by atoms with van der Waals surface area (Å²) < 4.78 is 0. The molecular weight excluding hydrogens is 220 g/mol. The van der Waals surface area contributed by atoms with E-state index in [-0.39, 0.29) is 0 Å². The van der Waals surface area contributed by atoms with Crippen LogP contribution in [0.4, 0.5) is 0 Å². The summed E-state index contributed by atoms with van der Waals surface area (Å²) >= 11 is 0. The highest BCUT2D eigenvalue weighted by molar-refractivity contribution is 5.33. The van der Waals surface area contributed by atoms with Crippen LogP contribution in [0.1, 0.15) is 42.7 Å². The van der Waals surface area contributed by atoms with Crippen molar-refractivity contribution in [2.75, 3.05) is 20.1 Å². The van der Waals surface area contributed by atoms with Gasteiger partial charge in [0.2, 0.25) is 0 Å². The Morgan fingerprint density at radius 2 is 2.06 bits per heavy atom. The van der Waals surface area contributed by atoms with Gasteiger partial charge in [-0.1, -0.05) is 24.3 Å². The summed E-state index contributed by atoms with van der Waals surface area (Å²) in [5, 5.41) is 3.66. The molecule has 2 fully saturated rings. The molecular formula is C16H24N2. The molecule has 98 valence electrons. The zero-order valence-corrected chi connectivity index (χ0v) is 11.4. The molecule has 1 saturated carbocycles. The molecule has 18 heavy (non-hydrogen) atoms. The van der Waals surface area contributed by atoms with E-state index in [0.717, 1.165) is 25.0 Å². The number of nitrogens with zero attached hydrogens (tertiary/aromatic N) is 1. The molecule has 1 aromatic carbocycles. The Morgan fingerprint density at radius 1 is 1.22 bits per heavy atom. The first-order valence-electron chi connectivity index (χ1n) is 7.33. The first-order valence-corrected chi connectivity index (χ1v) is 7.33. The second-order valence-corrected chi connectivity index (χ2v) is 5.88. The van der Waals surface area contributed by atoms with Gasteiger partial charge in [-0.25, -0.2) is 0 Å². The molecule has 1 aliphatic carbocycles. The number of rotatable bonds is 5. The fraction of sp³-hybridized carbons (Fsp3) is 0.625. The minimum Gasteiger partial charge on any atom is -0.311 e. The summed E-state index contributed by atoms with van der Waals surface area (Å²) in [7, 11) is 2.25. The maximum absolute atomic E-state index is 3.66.